The molecule has 0 spiro atoms. The molecule has 12 aliphatic rings. The number of alkyl halides is 3. The number of sulfonamides is 2. The van der Waals surface area contributed by atoms with Crippen molar-refractivity contribution in [1.82, 2.24) is 24.4 Å². The molecule has 12 unspecified atom stereocenters. The van der Waals surface area contributed by atoms with Crippen molar-refractivity contribution in [1.29, 1.82) is 0 Å². The smallest absolute Gasteiger partial charge is 0.393 e. The van der Waals surface area contributed by atoms with Crippen molar-refractivity contribution in [3.63, 3.8) is 0 Å². The molecule has 20 heteroatoms. The van der Waals surface area contributed by atoms with Crippen LogP contribution < -0.4 is 9.44 Å². The van der Waals surface area contributed by atoms with Crippen LogP contribution in [0.3, 0.4) is 0 Å². The van der Waals surface area contributed by atoms with E-state index in [0.717, 1.165) is 115 Å². The molecular weight excluding hydrogens is 1310 g/mol. The largest absolute Gasteiger partial charge is 0.511 e. The standard InChI is InChI=1S/C27H43N3O2.C26H42F3NO4S.C26H45NO4S.CH4/c1-17(5-6-18(2)31)21-7-8-22-25-23(10-12-27(21,22)4)26(3)11-9-20(32)15-19(26)16-24(25)30-14-13-28-29-30;1-15(5-6-16(2)31)19-7-8-20-23-21(10-12-25(19,20)4)24(3)11-9-18(32)13-17(24)14-22(23)30-35(33,34)26(27,28)29;1-16(6-7-17(2)28)20-8-9-21-24-22(11-13-26(20,21)4)25(3)12-10-19(29)14-18(25)15-23(24)27-32(5,30)31;/h13-14,17,19-25,32H,5-12,15-16H2,1-4H3;15,17-23,30,32H,5-14H2,1-4H3;16,18-24,27,29H,6-15H2,1-5H3;1H4/t17-,19?,20-,21-,22?,23?,24+,25?,26+,27-;15-,17?,18-,19-,20?,21?,22+,23?,24+,25-;16-,18?,19-,20-,21?,22?,23+,24?,25+,26-;/m111./s1. The number of aliphatic hydroxyl groups is 3. The third-order valence-electron chi connectivity index (χ3n) is 32.9. The number of halogens is 3. The average molecular weight is 1450 g/mol. The van der Waals surface area contributed by atoms with Crippen molar-refractivity contribution in [2.75, 3.05) is 6.26 Å². The fraction of sp³-hybridized carbons (Fsp3) is 0.938. The Morgan fingerprint density at radius 2 is 0.810 bits per heavy atom. The predicted octanol–water partition coefficient (Wildman–Crippen LogP) is 16.1. The van der Waals surface area contributed by atoms with Crippen LogP contribution in [-0.2, 0) is 34.4 Å². The van der Waals surface area contributed by atoms with Gasteiger partial charge >= 0.3 is 15.5 Å². The number of carbonyl (C=O) groups excluding carboxylic acids is 3. The Hall–Kier alpha value is -2.36. The van der Waals surface area contributed by atoms with E-state index in [1.165, 1.54) is 64.0 Å². The highest BCUT2D eigenvalue weighted by molar-refractivity contribution is 7.90. The van der Waals surface area contributed by atoms with Gasteiger partial charge < -0.3 is 29.7 Å². The van der Waals surface area contributed by atoms with E-state index in [4.69, 9.17) is 0 Å². The first-order chi connectivity index (χ1) is 46.2. The summed E-state index contributed by atoms with van der Waals surface area (Å²) in [4.78, 5) is 34.8. The van der Waals surface area contributed by atoms with E-state index in [-0.39, 0.29) is 82.6 Å². The van der Waals surface area contributed by atoms with E-state index in [0.29, 0.717) is 126 Å². The Bertz CT molecular complexity index is 3250. The van der Waals surface area contributed by atoms with Gasteiger partial charge in [0.2, 0.25) is 10.0 Å². The van der Waals surface area contributed by atoms with Gasteiger partial charge in [0, 0.05) is 37.5 Å². The summed E-state index contributed by atoms with van der Waals surface area (Å²) >= 11 is 0. The molecule has 12 saturated carbocycles. The van der Waals surface area contributed by atoms with Crippen molar-refractivity contribution in [2.24, 2.45) is 139 Å². The van der Waals surface area contributed by atoms with Crippen LogP contribution in [0.4, 0.5) is 13.2 Å². The zero-order valence-corrected chi connectivity index (χ0v) is 64.3. The highest BCUT2D eigenvalue weighted by atomic mass is 32.2. The Morgan fingerprint density at radius 3 is 1.14 bits per heavy atom. The third-order valence-corrected chi connectivity index (χ3v) is 34.9. The number of hydrogen-bond acceptors (Lipinski definition) is 12. The van der Waals surface area contributed by atoms with Gasteiger partial charge in [-0.15, -0.1) is 5.10 Å². The molecule has 572 valence electrons. The van der Waals surface area contributed by atoms with Crippen molar-refractivity contribution in [3.8, 4) is 0 Å². The molecule has 5 N–H and O–H groups in total. The van der Waals surface area contributed by atoms with E-state index in [2.05, 4.69) is 92.9 Å². The maximum absolute atomic E-state index is 13.4. The van der Waals surface area contributed by atoms with Crippen molar-refractivity contribution < 1.29 is 59.7 Å². The number of ketones is 3. The Morgan fingerprint density at radius 1 is 0.490 bits per heavy atom. The second-order valence-electron chi connectivity index (χ2n) is 37.9. The fourth-order valence-corrected chi connectivity index (χ4v) is 29.6. The number of carbonyl (C=O) groups is 3. The monoisotopic (exact) mass is 1450 g/mol. The first-order valence-electron chi connectivity index (χ1n) is 39.6. The lowest BCUT2D eigenvalue weighted by atomic mass is 9.43. The Balaban J connectivity index is 0.000000161. The van der Waals surface area contributed by atoms with Crippen LogP contribution in [0.1, 0.15) is 289 Å². The molecule has 1 heterocycles. The van der Waals surface area contributed by atoms with Gasteiger partial charge in [0.05, 0.1) is 36.8 Å². The molecule has 0 bridgehead atoms. The summed E-state index contributed by atoms with van der Waals surface area (Å²) in [5, 5.41) is 39.9. The molecule has 12 aliphatic carbocycles. The van der Waals surface area contributed by atoms with Gasteiger partial charge in [-0.1, -0.05) is 75.0 Å². The maximum atomic E-state index is 13.4. The first kappa shape index (κ1) is 80.2. The van der Waals surface area contributed by atoms with Gasteiger partial charge in [0.15, 0.2) is 0 Å². The molecular formula is C80H134F3N5O10S2. The summed E-state index contributed by atoms with van der Waals surface area (Å²) in [5.41, 5.74) is -4.35. The molecule has 0 saturated heterocycles. The number of nitrogens with zero attached hydrogens (tertiary/aromatic N) is 3. The quantitative estimate of drug-likeness (QED) is 0.0980. The van der Waals surface area contributed by atoms with Crippen LogP contribution in [0.25, 0.3) is 0 Å². The molecule has 0 aromatic carbocycles. The molecule has 0 amide bonds. The lowest BCUT2D eigenvalue weighted by Crippen LogP contribution is -2.63. The van der Waals surface area contributed by atoms with Gasteiger partial charge in [-0.2, -0.15) is 13.2 Å². The second-order valence-corrected chi connectivity index (χ2v) is 41.4. The van der Waals surface area contributed by atoms with Crippen LogP contribution >= 0.6 is 0 Å². The Kier molecular flexibility index (Phi) is 24.1. The summed E-state index contributed by atoms with van der Waals surface area (Å²) < 4.78 is 97.0. The zero-order valence-electron chi connectivity index (χ0n) is 62.7. The predicted molar refractivity (Wildman–Crippen MR) is 387 cm³/mol. The molecule has 1 aromatic rings. The maximum Gasteiger partial charge on any atom is 0.511 e. The minimum absolute atomic E-state index is 0. The molecule has 0 aliphatic heterocycles. The normalized spacial score (nSPS) is 45.7. The number of nitrogens with one attached hydrogen (secondary N) is 2. The molecule has 12 fully saturated rings. The van der Waals surface area contributed by atoms with Gasteiger partial charge in [0.1, 0.15) is 17.3 Å². The number of fused-ring (bicyclic) bond motifs is 15. The Labute approximate surface area is 601 Å². The number of aliphatic hydroxyl groups excluding tert-OH is 3. The first-order valence-corrected chi connectivity index (χ1v) is 43.0. The van der Waals surface area contributed by atoms with E-state index >= 15 is 0 Å². The van der Waals surface area contributed by atoms with E-state index in [9.17, 15) is 59.7 Å². The molecule has 0 radical (unpaired) electrons. The van der Waals surface area contributed by atoms with Crippen molar-refractivity contribution in [3.05, 3.63) is 12.4 Å². The van der Waals surface area contributed by atoms with Crippen LogP contribution in [0.2, 0.25) is 0 Å². The van der Waals surface area contributed by atoms with Gasteiger partial charge in [-0.3, -0.25) is 0 Å². The SMILES string of the molecule is C.CC(=O)CC[C@@H](C)[C@H]1CCC2C3C(CC[C@@]21C)[C@@]1(C)CC[C@@H](O)CC1C[C@@H]3NS(=O)(=O)C(F)(F)F.CC(=O)CC[C@@H](C)[C@H]1CCC2C3C(CC[C@@]21C)[C@@]1(C)CC[C@@H](O)CC1C[C@@H]3NS(C)(=O)=O.CC(=O)CC[C@@H](C)[C@H]1CCC2C3C(CC[C@@]21C)[C@@]1(C)CC[C@@H](O)CC1C[C@@H]3n1ccnn1. The lowest BCUT2D eigenvalue weighted by molar-refractivity contribution is -0.151. The molecule has 100 heavy (non-hydrogen) atoms. The number of rotatable bonds is 17. The van der Waals surface area contributed by atoms with E-state index in [1.807, 2.05) is 6.20 Å². The fourth-order valence-electron chi connectivity index (χ4n) is 28.0. The molecule has 1 aromatic heterocycles. The summed E-state index contributed by atoms with van der Waals surface area (Å²) in [7, 11) is -8.76. The third kappa shape index (κ3) is 15.2. The average Bonchev–Trinajstić information content (AvgIpc) is 1.36. The van der Waals surface area contributed by atoms with Gasteiger partial charge in [-0.25, -0.2) is 31.0 Å². The number of hydrogen-bond donors (Lipinski definition) is 5. The second kappa shape index (κ2) is 30.0. The minimum atomic E-state index is -5.47. The number of aromatic nitrogens is 3. The summed E-state index contributed by atoms with van der Waals surface area (Å²) in [6.45, 7) is 26.5. The van der Waals surface area contributed by atoms with Crippen LogP contribution in [-0.4, -0.2) is 107 Å². The minimum Gasteiger partial charge on any atom is -0.393 e. The molecule has 15 nitrogen and oxygen atoms in total. The summed E-state index contributed by atoms with van der Waals surface area (Å²) in [5.74, 6) is 8.65. The topological polar surface area (TPSA) is 235 Å². The van der Waals surface area contributed by atoms with Crippen molar-refractivity contribution >= 4 is 37.4 Å². The van der Waals surface area contributed by atoms with E-state index < -0.39 is 37.7 Å². The van der Waals surface area contributed by atoms with Crippen molar-refractivity contribution in [2.45, 2.75) is 325 Å². The molecule has 30 atom stereocenters. The van der Waals surface area contributed by atoms with Gasteiger partial charge in [0.25, 0.3) is 0 Å². The van der Waals surface area contributed by atoms with Gasteiger partial charge in [-0.05, 0) is 333 Å². The summed E-state index contributed by atoms with van der Waals surface area (Å²) in [6.07, 6.45) is 33.1. The van der Waals surface area contributed by atoms with Crippen LogP contribution in [0, 0.1) is 139 Å². The zero-order chi connectivity index (χ0) is 72.1. The van der Waals surface area contributed by atoms with Crippen LogP contribution in [0.15, 0.2) is 12.4 Å². The van der Waals surface area contributed by atoms with Crippen LogP contribution in [0.5, 0.6) is 0 Å². The molecule has 13 rings (SSSR count). The highest BCUT2D eigenvalue weighted by Gasteiger charge is 2.68. The van der Waals surface area contributed by atoms with E-state index in [1.54, 1.807) is 20.8 Å². The summed E-state index contributed by atoms with van der Waals surface area (Å²) in [6, 6.07) is -0.387. The number of Topliss-reactive ketones (excluding diaryl/α,β-unsaturated/α-hetero) is 3. The lowest BCUT2D eigenvalue weighted by Gasteiger charge is -2.63. The highest BCUT2D eigenvalue weighted by Crippen LogP contribution is 2.73.